The third-order valence-electron chi connectivity index (χ3n) is 4.82. The largest absolute Gasteiger partial charge is 0.443 e. The number of nitrogens with zero attached hydrogens (tertiary/aromatic N) is 3. The molecule has 2 aliphatic rings. The van der Waals surface area contributed by atoms with Crippen LogP contribution in [0.5, 0.6) is 0 Å². The van der Waals surface area contributed by atoms with Gasteiger partial charge in [0, 0.05) is 36.7 Å². The molecule has 1 heterocycles. The van der Waals surface area contributed by atoms with Gasteiger partial charge in [0.1, 0.15) is 5.60 Å². The first-order valence-corrected chi connectivity index (χ1v) is 8.89. The van der Waals surface area contributed by atoms with E-state index in [0.29, 0.717) is 30.1 Å². The van der Waals surface area contributed by atoms with Crippen molar-refractivity contribution in [1.29, 1.82) is 0 Å². The van der Waals surface area contributed by atoms with E-state index < -0.39 is 5.92 Å². The van der Waals surface area contributed by atoms with Crippen molar-refractivity contribution < 1.29 is 18.3 Å². The van der Waals surface area contributed by atoms with Gasteiger partial charge in [-0.25, -0.2) is 13.6 Å². The van der Waals surface area contributed by atoms with E-state index >= 15 is 0 Å². The minimum absolute atomic E-state index is 0.0999. The highest BCUT2D eigenvalue weighted by molar-refractivity contribution is 5.91. The van der Waals surface area contributed by atoms with Gasteiger partial charge in [-0.1, -0.05) is 18.2 Å². The molecule has 1 saturated carbocycles. The van der Waals surface area contributed by atoms with Gasteiger partial charge in [0.2, 0.25) is 0 Å². The lowest BCUT2D eigenvalue weighted by atomic mass is 10.0. The summed E-state index contributed by atoms with van der Waals surface area (Å²) in [4.78, 5) is 22.0. The number of rotatable bonds is 6. The van der Waals surface area contributed by atoms with Crippen LogP contribution in [0.3, 0.4) is 0 Å². The van der Waals surface area contributed by atoms with Crippen molar-refractivity contribution >= 4 is 24.2 Å². The quantitative estimate of drug-likeness (QED) is 0.681. The van der Waals surface area contributed by atoms with Crippen molar-refractivity contribution in [2.75, 3.05) is 13.1 Å². The van der Waals surface area contributed by atoms with E-state index in [1.54, 1.807) is 24.0 Å². The van der Waals surface area contributed by atoms with Gasteiger partial charge < -0.3 is 9.64 Å². The third kappa shape index (κ3) is 4.59. The maximum Gasteiger partial charge on any atom is 0.410 e. The molecule has 1 aromatic carbocycles. The molecule has 0 radical (unpaired) electrons. The molecule has 1 amide bonds. The Bertz CT molecular complexity index is 808. The van der Waals surface area contributed by atoms with Crippen LogP contribution >= 0.6 is 0 Å². The van der Waals surface area contributed by atoms with Crippen LogP contribution < -0.4 is 0 Å². The molecule has 144 valence electrons. The van der Waals surface area contributed by atoms with Crippen molar-refractivity contribution in [3.8, 4) is 0 Å². The molecule has 2 fully saturated rings. The number of benzene rings is 1. The van der Waals surface area contributed by atoms with Gasteiger partial charge >= 0.3 is 6.09 Å². The summed E-state index contributed by atoms with van der Waals surface area (Å²) in [5, 5.41) is 0. The van der Waals surface area contributed by atoms with E-state index in [1.807, 2.05) is 0 Å². The fraction of sp³-hybridized carbons (Fsp3) is 0.450. The van der Waals surface area contributed by atoms with Gasteiger partial charge in [-0.3, -0.25) is 9.98 Å². The highest BCUT2D eigenvalue weighted by atomic mass is 19.3. The standard InChI is InChI=1S/C20H23F2N3O2/c1-14(13-25-10-9-20(7-8-20)27-18(25)26)24-17(12-23-3)15-5-4-6-16(11-15)19(2,21)22/h4-6,11-12H,3,7-10,13H2,1-2H3/b17-12-,24-14?. The van der Waals surface area contributed by atoms with Crippen molar-refractivity contribution in [1.82, 2.24) is 4.90 Å². The van der Waals surface area contributed by atoms with Gasteiger partial charge in [0.25, 0.3) is 5.92 Å². The smallest absolute Gasteiger partial charge is 0.410 e. The van der Waals surface area contributed by atoms with E-state index in [2.05, 4.69) is 16.7 Å². The second-order valence-corrected chi connectivity index (χ2v) is 7.24. The second kappa shape index (κ2) is 7.21. The van der Waals surface area contributed by atoms with Crippen molar-refractivity contribution in [2.45, 2.75) is 44.6 Å². The molecule has 0 N–H and O–H groups in total. The van der Waals surface area contributed by atoms with Crippen molar-refractivity contribution in [2.24, 2.45) is 9.98 Å². The zero-order valence-corrected chi connectivity index (χ0v) is 15.5. The fourth-order valence-corrected chi connectivity index (χ4v) is 3.09. The molecule has 0 bridgehead atoms. The Morgan fingerprint density at radius 3 is 2.74 bits per heavy atom. The molecular weight excluding hydrogens is 352 g/mol. The van der Waals surface area contributed by atoms with Crippen LogP contribution in [0.25, 0.3) is 5.70 Å². The normalized spacial score (nSPS) is 19.9. The number of hydrogen-bond acceptors (Lipinski definition) is 4. The first kappa shape index (κ1) is 19.2. The molecule has 3 rings (SSSR count). The molecule has 1 aliphatic heterocycles. The van der Waals surface area contributed by atoms with Crippen molar-refractivity contribution in [3.63, 3.8) is 0 Å². The number of amides is 1. The maximum absolute atomic E-state index is 13.6. The van der Waals surface area contributed by atoms with E-state index in [9.17, 15) is 13.6 Å². The molecule has 5 nitrogen and oxygen atoms in total. The van der Waals surface area contributed by atoms with Gasteiger partial charge in [0.05, 0.1) is 18.4 Å². The maximum atomic E-state index is 13.6. The molecule has 0 aromatic heterocycles. The predicted molar refractivity (Wildman–Crippen MR) is 101 cm³/mol. The zero-order chi connectivity index (χ0) is 19.7. The van der Waals surface area contributed by atoms with Crippen LogP contribution in [0.2, 0.25) is 0 Å². The van der Waals surface area contributed by atoms with E-state index in [-0.39, 0.29) is 17.3 Å². The lowest BCUT2D eigenvalue weighted by Gasteiger charge is -2.31. The molecule has 27 heavy (non-hydrogen) atoms. The molecule has 1 spiro atoms. The number of hydrogen-bond donors (Lipinski definition) is 0. The van der Waals surface area contributed by atoms with E-state index in [4.69, 9.17) is 4.74 Å². The zero-order valence-electron chi connectivity index (χ0n) is 15.5. The first-order valence-electron chi connectivity index (χ1n) is 8.89. The Morgan fingerprint density at radius 2 is 2.15 bits per heavy atom. The molecule has 0 atom stereocenters. The molecular formula is C20H23F2N3O2. The number of ether oxygens (including phenoxy) is 1. The summed E-state index contributed by atoms with van der Waals surface area (Å²) in [6.45, 7) is 7.00. The number of alkyl halides is 2. The minimum Gasteiger partial charge on any atom is -0.443 e. The van der Waals surface area contributed by atoms with Crippen LogP contribution in [-0.4, -0.2) is 42.1 Å². The van der Waals surface area contributed by atoms with Gasteiger partial charge in [-0.2, -0.15) is 0 Å². The molecule has 0 unspecified atom stereocenters. The fourth-order valence-electron chi connectivity index (χ4n) is 3.09. The number of aliphatic imine (C=N–C) groups is 2. The highest BCUT2D eigenvalue weighted by Crippen LogP contribution is 2.45. The Morgan fingerprint density at radius 1 is 1.41 bits per heavy atom. The number of carbonyl (C=O) groups is 1. The Labute approximate surface area is 157 Å². The predicted octanol–water partition coefficient (Wildman–Crippen LogP) is 4.63. The second-order valence-electron chi connectivity index (χ2n) is 7.24. The lowest BCUT2D eigenvalue weighted by molar-refractivity contribution is 0.0153. The molecule has 1 aliphatic carbocycles. The average molecular weight is 375 g/mol. The molecule has 1 saturated heterocycles. The van der Waals surface area contributed by atoms with Crippen LogP contribution in [0.1, 0.15) is 44.2 Å². The number of halogens is 2. The lowest BCUT2D eigenvalue weighted by Crippen LogP contribution is -2.45. The van der Waals surface area contributed by atoms with Crippen LogP contribution in [0.15, 0.2) is 40.5 Å². The van der Waals surface area contributed by atoms with Gasteiger partial charge in [-0.05, 0) is 32.5 Å². The summed E-state index contributed by atoms with van der Waals surface area (Å²) in [5.41, 5.74) is 1.26. The van der Waals surface area contributed by atoms with Crippen molar-refractivity contribution in [3.05, 3.63) is 41.6 Å². The summed E-state index contributed by atoms with van der Waals surface area (Å²) in [6, 6.07) is 6.01. The van der Waals surface area contributed by atoms with Gasteiger partial charge in [0.15, 0.2) is 0 Å². The molecule has 7 heteroatoms. The summed E-state index contributed by atoms with van der Waals surface area (Å²) < 4.78 is 32.7. The Kier molecular flexibility index (Phi) is 5.13. The first-order chi connectivity index (χ1) is 12.7. The molecule has 1 aromatic rings. The van der Waals surface area contributed by atoms with E-state index in [1.165, 1.54) is 18.3 Å². The van der Waals surface area contributed by atoms with Gasteiger partial charge in [-0.15, -0.1) is 0 Å². The van der Waals surface area contributed by atoms with Crippen LogP contribution in [0, 0.1) is 0 Å². The average Bonchev–Trinajstić information content (AvgIpc) is 3.35. The third-order valence-corrected chi connectivity index (χ3v) is 4.82. The monoisotopic (exact) mass is 375 g/mol. The van der Waals surface area contributed by atoms with E-state index in [0.717, 1.165) is 26.2 Å². The Hall–Kier alpha value is -2.57. The van der Waals surface area contributed by atoms with Crippen LogP contribution in [0.4, 0.5) is 13.6 Å². The summed E-state index contributed by atoms with van der Waals surface area (Å²) >= 11 is 0. The SMILES string of the molecule is C=N/C=C(\N=C(C)CN1CCC2(CC2)OC1=O)c1cccc(C(C)(F)F)c1. The summed E-state index contributed by atoms with van der Waals surface area (Å²) in [5.74, 6) is -2.95. The highest BCUT2D eigenvalue weighted by Gasteiger charge is 2.50. The summed E-state index contributed by atoms with van der Waals surface area (Å²) in [7, 11) is 0. The summed E-state index contributed by atoms with van der Waals surface area (Å²) in [6.07, 6.45) is 3.81. The van der Waals surface area contributed by atoms with Crippen LogP contribution in [-0.2, 0) is 10.7 Å². The number of carbonyl (C=O) groups excluding carboxylic acids is 1. The topological polar surface area (TPSA) is 54.3 Å². The minimum atomic E-state index is -2.95. The Balaban J connectivity index is 1.76.